The number of rotatable bonds is 9. The fraction of sp³-hybridized carbons (Fsp3) is 0.261. The van der Waals surface area contributed by atoms with Gasteiger partial charge in [0, 0.05) is 19.2 Å². The van der Waals surface area contributed by atoms with Crippen molar-refractivity contribution < 1.29 is 28.8 Å². The van der Waals surface area contributed by atoms with Gasteiger partial charge < -0.3 is 14.8 Å². The topological polar surface area (TPSA) is 128 Å². The molecule has 0 saturated carbocycles. The van der Waals surface area contributed by atoms with Crippen LogP contribution in [0.4, 0.5) is 10.5 Å². The van der Waals surface area contributed by atoms with Crippen LogP contribution in [0.15, 0.2) is 41.3 Å². The van der Waals surface area contributed by atoms with Gasteiger partial charge in [-0.05, 0) is 37.2 Å². The highest BCUT2D eigenvalue weighted by molar-refractivity contribution is 8.18. The summed E-state index contributed by atoms with van der Waals surface area (Å²) in [6, 6.07) is 9.86. The lowest BCUT2D eigenvalue weighted by Crippen LogP contribution is -2.37. The second-order valence-electron chi connectivity index (χ2n) is 7.21. The van der Waals surface area contributed by atoms with Crippen LogP contribution in [0.5, 0.6) is 11.5 Å². The highest BCUT2D eigenvalue weighted by Gasteiger charge is 2.35. The monoisotopic (exact) mass is 485 g/mol. The number of nitro groups is 1. The van der Waals surface area contributed by atoms with Crippen molar-refractivity contribution in [2.75, 3.05) is 26.8 Å². The summed E-state index contributed by atoms with van der Waals surface area (Å²) in [6.07, 6.45) is 1.64. The van der Waals surface area contributed by atoms with Crippen LogP contribution in [0.1, 0.15) is 28.4 Å². The van der Waals surface area contributed by atoms with Crippen molar-refractivity contribution in [3.05, 3.63) is 68.1 Å². The Morgan fingerprint density at radius 2 is 1.91 bits per heavy atom. The summed E-state index contributed by atoms with van der Waals surface area (Å²) in [6.45, 7) is 3.78. The summed E-state index contributed by atoms with van der Waals surface area (Å²) in [5.41, 5.74) is 1.19. The molecule has 1 heterocycles. The van der Waals surface area contributed by atoms with Gasteiger partial charge in [-0.1, -0.05) is 29.8 Å². The lowest BCUT2D eigenvalue weighted by Gasteiger charge is -2.14. The number of carbonyl (C=O) groups excluding carboxylic acids is 3. The van der Waals surface area contributed by atoms with E-state index in [4.69, 9.17) is 9.47 Å². The third-order valence-corrected chi connectivity index (χ3v) is 5.80. The maximum Gasteiger partial charge on any atom is 0.293 e. The van der Waals surface area contributed by atoms with E-state index in [0.717, 1.165) is 33.9 Å². The zero-order valence-corrected chi connectivity index (χ0v) is 19.6. The Kier molecular flexibility index (Phi) is 7.90. The lowest BCUT2D eigenvalue weighted by molar-refractivity contribution is -0.385. The second-order valence-corrected chi connectivity index (χ2v) is 8.20. The van der Waals surface area contributed by atoms with E-state index in [1.54, 1.807) is 13.0 Å². The number of benzene rings is 2. The first kappa shape index (κ1) is 24.8. The van der Waals surface area contributed by atoms with E-state index in [1.165, 1.54) is 13.2 Å². The zero-order chi connectivity index (χ0) is 24.8. The quantitative estimate of drug-likeness (QED) is 0.323. The molecule has 3 rings (SSSR count). The van der Waals surface area contributed by atoms with Crippen molar-refractivity contribution in [2.45, 2.75) is 13.8 Å². The number of nitrogens with one attached hydrogen (secondary N) is 1. The van der Waals surface area contributed by atoms with Crippen LogP contribution in [-0.4, -0.2) is 53.7 Å². The molecule has 1 saturated heterocycles. The minimum atomic E-state index is -0.738. The van der Waals surface area contributed by atoms with Crippen molar-refractivity contribution in [1.82, 2.24) is 10.2 Å². The molecule has 2 aromatic carbocycles. The molecule has 178 valence electrons. The van der Waals surface area contributed by atoms with Gasteiger partial charge in [0.2, 0.25) is 0 Å². The average Bonchev–Trinajstić information content (AvgIpc) is 3.07. The second kappa shape index (κ2) is 10.8. The number of hydrogen-bond donors (Lipinski definition) is 1. The van der Waals surface area contributed by atoms with Crippen LogP contribution in [0.3, 0.4) is 0 Å². The normalized spacial score (nSPS) is 14.4. The molecule has 0 unspecified atom stereocenters. The van der Waals surface area contributed by atoms with Gasteiger partial charge in [-0.3, -0.25) is 29.4 Å². The molecule has 1 aliphatic rings. The number of nitro benzene ring substituents is 1. The zero-order valence-electron chi connectivity index (χ0n) is 18.8. The van der Waals surface area contributed by atoms with E-state index < -0.39 is 27.7 Å². The summed E-state index contributed by atoms with van der Waals surface area (Å²) in [4.78, 5) is 49.7. The summed E-state index contributed by atoms with van der Waals surface area (Å²) in [5, 5.41) is 13.5. The van der Waals surface area contributed by atoms with E-state index in [9.17, 15) is 24.5 Å². The first-order valence-corrected chi connectivity index (χ1v) is 11.2. The van der Waals surface area contributed by atoms with Crippen molar-refractivity contribution in [3.63, 3.8) is 0 Å². The Balaban J connectivity index is 1.69. The molecule has 0 spiro atoms. The SMILES string of the molecule is CCOc1cc(C(=O)NCCN2C(=O)S/C(=C\c3ccc(C)cc3)C2=O)c([N+](=O)[O-])cc1OC. The molecule has 34 heavy (non-hydrogen) atoms. The number of carbonyl (C=O) groups is 3. The van der Waals surface area contributed by atoms with Crippen LogP contribution in [0.2, 0.25) is 0 Å². The summed E-state index contributed by atoms with van der Waals surface area (Å²) in [7, 11) is 1.34. The minimum absolute atomic E-state index is 0.0795. The number of amides is 3. The summed E-state index contributed by atoms with van der Waals surface area (Å²) in [5.74, 6) is -0.882. The number of thioether (sulfide) groups is 1. The Morgan fingerprint density at radius 3 is 2.53 bits per heavy atom. The van der Waals surface area contributed by atoms with E-state index in [2.05, 4.69) is 5.32 Å². The van der Waals surface area contributed by atoms with Gasteiger partial charge in [0.15, 0.2) is 11.5 Å². The standard InChI is InChI=1S/C23H23N3O7S/c1-4-33-19-12-16(17(26(30)31)13-18(19)32-3)21(27)24-9-10-25-22(28)20(34-23(25)29)11-15-7-5-14(2)6-8-15/h5-8,11-13H,4,9-10H2,1-3H3,(H,24,27)/b20-11-. The van der Waals surface area contributed by atoms with Crippen LogP contribution in [0.25, 0.3) is 6.08 Å². The molecule has 0 radical (unpaired) electrons. The van der Waals surface area contributed by atoms with E-state index >= 15 is 0 Å². The smallest absolute Gasteiger partial charge is 0.293 e. The van der Waals surface area contributed by atoms with Crippen molar-refractivity contribution in [2.24, 2.45) is 0 Å². The highest BCUT2D eigenvalue weighted by Crippen LogP contribution is 2.35. The van der Waals surface area contributed by atoms with Gasteiger partial charge in [0.25, 0.3) is 22.7 Å². The molecule has 10 nitrogen and oxygen atoms in total. The molecule has 0 aliphatic carbocycles. The van der Waals surface area contributed by atoms with Crippen molar-refractivity contribution in [1.29, 1.82) is 0 Å². The van der Waals surface area contributed by atoms with Crippen LogP contribution in [0, 0.1) is 17.0 Å². The molecule has 2 aromatic rings. The Morgan fingerprint density at radius 1 is 1.21 bits per heavy atom. The molecule has 0 atom stereocenters. The fourth-order valence-corrected chi connectivity index (χ4v) is 4.06. The summed E-state index contributed by atoms with van der Waals surface area (Å²) < 4.78 is 10.5. The first-order chi connectivity index (χ1) is 16.2. The number of methoxy groups -OCH3 is 1. The third-order valence-electron chi connectivity index (χ3n) is 4.89. The van der Waals surface area contributed by atoms with E-state index in [-0.39, 0.29) is 41.7 Å². The van der Waals surface area contributed by atoms with Gasteiger partial charge >= 0.3 is 0 Å². The fourth-order valence-electron chi connectivity index (χ4n) is 3.19. The number of ether oxygens (including phenoxy) is 2. The maximum atomic E-state index is 12.7. The largest absolute Gasteiger partial charge is 0.493 e. The number of imide groups is 1. The molecule has 3 amide bonds. The number of hydrogen-bond acceptors (Lipinski definition) is 8. The summed E-state index contributed by atoms with van der Waals surface area (Å²) >= 11 is 0.820. The van der Waals surface area contributed by atoms with Crippen LogP contribution in [-0.2, 0) is 4.79 Å². The molecular weight excluding hydrogens is 462 g/mol. The van der Waals surface area contributed by atoms with Gasteiger partial charge in [0.05, 0.1) is 29.6 Å². The molecule has 0 aromatic heterocycles. The molecule has 1 fully saturated rings. The van der Waals surface area contributed by atoms with E-state index in [0.29, 0.717) is 0 Å². The maximum absolute atomic E-state index is 12.7. The number of nitrogens with zero attached hydrogens (tertiary/aromatic N) is 2. The molecule has 1 aliphatic heterocycles. The highest BCUT2D eigenvalue weighted by atomic mass is 32.2. The molecule has 1 N–H and O–H groups in total. The minimum Gasteiger partial charge on any atom is -0.493 e. The van der Waals surface area contributed by atoms with Gasteiger partial charge in [0.1, 0.15) is 5.56 Å². The first-order valence-electron chi connectivity index (χ1n) is 10.3. The van der Waals surface area contributed by atoms with Crippen molar-refractivity contribution in [3.8, 4) is 11.5 Å². The van der Waals surface area contributed by atoms with Crippen LogP contribution >= 0.6 is 11.8 Å². The average molecular weight is 486 g/mol. The van der Waals surface area contributed by atoms with Crippen LogP contribution < -0.4 is 14.8 Å². The molecule has 0 bridgehead atoms. The molecule has 11 heteroatoms. The Bertz CT molecular complexity index is 1160. The predicted octanol–water partition coefficient (Wildman–Crippen LogP) is 3.78. The van der Waals surface area contributed by atoms with Gasteiger partial charge in [-0.15, -0.1) is 0 Å². The third kappa shape index (κ3) is 5.54. The van der Waals surface area contributed by atoms with Gasteiger partial charge in [-0.25, -0.2) is 0 Å². The van der Waals surface area contributed by atoms with Crippen molar-refractivity contribution >= 4 is 40.6 Å². The number of aryl methyl sites for hydroxylation is 1. The van der Waals surface area contributed by atoms with Gasteiger partial charge in [-0.2, -0.15) is 0 Å². The Labute approximate surface area is 200 Å². The predicted molar refractivity (Wildman–Crippen MR) is 127 cm³/mol. The van der Waals surface area contributed by atoms with E-state index in [1.807, 2.05) is 31.2 Å². The Hall–Kier alpha value is -3.86. The lowest BCUT2D eigenvalue weighted by atomic mass is 10.1. The molecular formula is C23H23N3O7S.